The van der Waals surface area contributed by atoms with Crippen LogP contribution in [0.4, 0.5) is 5.69 Å². The number of rotatable bonds is 5. The molecule has 1 amide bonds. The molecule has 3 aromatic rings. The largest absolute Gasteiger partial charge is 0.341 e. The smallest absolute Gasteiger partial charge is 0.227 e. The number of thioether (sulfide) groups is 1. The van der Waals surface area contributed by atoms with E-state index in [2.05, 4.69) is 32.3 Å². The van der Waals surface area contributed by atoms with Crippen molar-refractivity contribution in [2.24, 2.45) is 5.92 Å². The van der Waals surface area contributed by atoms with E-state index < -0.39 is 0 Å². The molecule has 0 aliphatic carbocycles. The van der Waals surface area contributed by atoms with Crippen LogP contribution in [0.5, 0.6) is 0 Å². The van der Waals surface area contributed by atoms with Gasteiger partial charge < -0.3 is 10.3 Å². The molecule has 1 aliphatic rings. The minimum Gasteiger partial charge on any atom is -0.341 e. The highest BCUT2D eigenvalue weighted by atomic mass is 32.2. The molecule has 6 heteroatoms. The normalized spacial score (nSPS) is 15.9. The molecule has 0 bridgehead atoms. The molecule has 4 rings (SSSR count). The van der Waals surface area contributed by atoms with Crippen LogP contribution in [0.25, 0.3) is 11.0 Å². The molecule has 0 spiro atoms. The number of likely N-dealkylation sites (tertiary alicyclic amines) is 1. The summed E-state index contributed by atoms with van der Waals surface area (Å²) in [7, 11) is 0. The number of nitrogens with one attached hydrogen (secondary N) is 2. The molecule has 5 nitrogen and oxygen atoms in total. The van der Waals surface area contributed by atoms with Gasteiger partial charge >= 0.3 is 0 Å². The van der Waals surface area contributed by atoms with E-state index in [0.29, 0.717) is 0 Å². The molecule has 2 N–H and O–H groups in total. The zero-order valence-corrected chi connectivity index (χ0v) is 16.3. The number of nitrogens with zero attached hydrogens (tertiary/aromatic N) is 2. The Labute approximate surface area is 163 Å². The first-order valence-corrected chi connectivity index (χ1v) is 10.5. The maximum absolute atomic E-state index is 12.6. The summed E-state index contributed by atoms with van der Waals surface area (Å²) in [4.78, 5) is 24.2. The van der Waals surface area contributed by atoms with Crippen molar-refractivity contribution < 1.29 is 4.79 Å². The second-order valence-electron chi connectivity index (χ2n) is 6.97. The fourth-order valence-electron chi connectivity index (χ4n) is 3.59. The Kier molecular flexibility index (Phi) is 5.45. The molecule has 0 unspecified atom stereocenters. The van der Waals surface area contributed by atoms with E-state index in [9.17, 15) is 4.79 Å². The summed E-state index contributed by atoms with van der Waals surface area (Å²) in [6.45, 7) is 2.64. The molecule has 2 aromatic carbocycles. The highest BCUT2D eigenvalue weighted by Gasteiger charge is 2.25. The van der Waals surface area contributed by atoms with Crippen LogP contribution in [0.3, 0.4) is 0 Å². The second kappa shape index (κ2) is 8.15. The van der Waals surface area contributed by atoms with Crippen molar-refractivity contribution in [3.63, 3.8) is 0 Å². The van der Waals surface area contributed by atoms with Gasteiger partial charge in [-0.3, -0.25) is 9.69 Å². The molecule has 1 aromatic heterocycles. The summed E-state index contributed by atoms with van der Waals surface area (Å²) < 4.78 is 0. The lowest BCUT2D eigenvalue weighted by molar-refractivity contribution is -0.121. The van der Waals surface area contributed by atoms with Gasteiger partial charge in [0.15, 0.2) is 0 Å². The summed E-state index contributed by atoms with van der Waals surface area (Å²) in [5.74, 6) is 1.21. The number of imidazole rings is 1. The van der Waals surface area contributed by atoms with Gasteiger partial charge in [-0.25, -0.2) is 4.98 Å². The van der Waals surface area contributed by atoms with E-state index in [1.54, 1.807) is 11.8 Å². The van der Waals surface area contributed by atoms with Crippen LogP contribution in [0.2, 0.25) is 0 Å². The van der Waals surface area contributed by atoms with Gasteiger partial charge in [0.05, 0.1) is 17.6 Å². The SMILES string of the molecule is CSc1cccc(NC(=O)C2CCN(Cc3nc4ccccc4[nH]3)CC2)c1. The van der Waals surface area contributed by atoms with Crippen molar-refractivity contribution in [1.29, 1.82) is 0 Å². The molecule has 140 valence electrons. The van der Waals surface area contributed by atoms with Crippen molar-refractivity contribution in [2.75, 3.05) is 24.7 Å². The number of aromatic nitrogens is 2. The minimum atomic E-state index is 0.0786. The Balaban J connectivity index is 1.30. The second-order valence-corrected chi connectivity index (χ2v) is 7.85. The number of anilines is 1. The van der Waals surface area contributed by atoms with Crippen LogP contribution in [-0.2, 0) is 11.3 Å². The minimum absolute atomic E-state index is 0.0786. The van der Waals surface area contributed by atoms with Gasteiger partial charge in [-0.15, -0.1) is 11.8 Å². The average molecular weight is 381 g/mol. The first kappa shape index (κ1) is 18.1. The highest BCUT2D eigenvalue weighted by Crippen LogP contribution is 2.23. The first-order valence-electron chi connectivity index (χ1n) is 9.32. The predicted molar refractivity (Wildman–Crippen MR) is 111 cm³/mol. The Hall–Kier alpha value is -2.31. The summed E-state index contributed by atoms with van der Waals surface area (Å²) in [6.07, 6.45) is 3.81. The molecule has 2 heterocycles. The molecule has 1 aliphatic heterocycles. The first-order chi connectivity index (χ1) is 13.2. The van der Waals surface area contributed by atoms with Gasteiger partial charge in [0.25, 0.3) is 0 Å². The zero-order valence-electron chi connectivity index (χ0n) is 15.4. The maximum Gasteiger partial charge on any atom is 0.227 e. The topological polar surface area (TPSA) is 61.0 Å². The van der Waals surface area contributed by atoms with Crippen molar-refractivity contribution in [3.8, 4) is 0 Å². The van der Waals surface area contributed by atoms with E-state index in [1.165, 1.54) is 0 Å². The Morgan fingerprint density at radius 2 is 2.04 bits per heavy atom. The van der Waals surface area contributed by atoms with Crippen molar-refractivity contribution >= 4 is 34.4 Å². The van der Waals surface area contributed by atoms with Gasteiger partial charge in [0.2, 0.25) is 5.91 Å². The quantitative estimate of drug-likeness (QED) is 0.653. The monoisotopic (exact) mass is 380 g/mol. The number of piperidine rings is 1. The third-order valence-corrected chi connectivity index (χ3v) is 5.83. The maximum atomic E-state index is 12.6. The Bertz CT molecular complexity index is 898. The van der Waals surface area contributed by atoms with Gasteiger partial charge in [-0.2, -0.15) is 0 Å². The third kappa shape index (κ3) is 4.34. The standard InChI is InChI=1S/C21H24N4OS/c1-27-17-6-4-5-16(13-17)22-21(26)15-9-11-25(12-10-15)14-20-23-18-7-2-3-8-19(18)24-20/h2-8,13,15H,9-12,14H2,1H3,(H,22,26)(H,23,24). The number of hydrogen-bond donors (Lipinski definition) is 2. The number of H-pyrrole nitrogens is 1. The zero-order chi connectivity index (χ0) is 18.6. The lowest BCUT2D eigenvalue weighted by Crippen LogP contribution is -2.38. The molecule has 0 saturated carbocycles. The van der Waals surface area contributed by atoms with Crippen LogP contribution in [0, 0.1) is 5.92 Å². The van der Waals surface area contributed by atoms with E-state index in [1.807, 2.05) is 42.7 Å². The number of para-hydroxylation sites is 2. The number of hydrogen-bond acceptors (Lipinski definition) is 4. The average Bonchev–Trinajstić information content (AvgIpc) is 3.11. The summed E-state index contributed by atoms with van der Waals surface area (Å²) in [6, 6.07) is 16.1. The number of aromatic amines is 1. The molecular weight excluding hydrogens is 356 g/mol. The van der Waals surface area contributed by atoms with Crippen molar-refractivity contribution in [2.45, 2.75) is 24.3 Å². The summed E-state index contributed by atoms with van der Waals surface area (Å²) in [5.41, 5.74) is 2.97. The predicted octanol–water partition coefficient (Wildman–Crippen LogP) is 4.14. The molecule has 1 fully saturated rings. The Morgan fingerprint density at radius 1 is 1.22 bits per heavy atom. The lowest BCUT2D eigenvalue weighted by atomic mass is 9.96. The van der Waals surface area contributed by atoms with E-state index in [0.717, 1.165) is 59.9 Å². The van der Waals surface area contributed by atoms with Gasteiger partial charge in [-0.1, -0.05) is 18.2 Å². The molecule has 0 atom stereocenters. The third-order valence-electron chi connectivity index (χ3n) is 5.11. The van der Waals surface area contributed by atoms with E-state index in [4.69, 9.17) is 0 Å². The Morgan fingerprint density at radius 3 is 2.81 bits per heavy atom. The van der Waals surface area contributed by atoms with Gasteiger partial charge in [0, 0.05) is 16.5 Å². The fraction of sp³-hybridized carbons (Fsp3) is 0.333. The molecular formula is C21H24N4OS. The summed E-state index contributed by atoms with van der Waals surface area (Å²) in [5, 5.41) is 3.08. The van der Waals surface area contributed by atoms with Crippen LogP contribution in [0.15, 0.2) is 53.4 Å². The number of carbonyl (C=O) groups excluding carboxylic acids is 1. The molecule has 27 heavy (non-hydrogen) atoms. The number of benzene rings is 2. The van der Waals surface area contributed by atoms with Crippen LogP contribution in [-0.4, -0.2) is 40.1 Å². The van der Waals surface area contributed by atoms with E-state index >= 15 is 0 Å². The van der Waals surface area contributed by atoms with Crippen LogP contribution in [0.1, 0.15) is 18.7 Å². The number of carbonyl (C=O) groups is 1. The lowest BCUT2D eigenvalue weighted by Gasteiger charge is -2.30. The van der Waals surface area contributed by atoms with Crippen molar-refractivity contribution in [3.05, 3.63) is 54.4 Å². The number of fused-ring (bicyclic) bond motifs is 1. The fourth-order valence-corrected chi connectivity index (χ4v) is 4.05. The van der Waals surface area contributed by atoms with E-state index in [-0.39, 0.29) is 11.8 Å². The van der Waals surface area contributed by atoms with Gasteiger partial charge in [0.1, 0.15) is 5.82 Å². The van der Waals surface area contributed by atoms with Crippen LogP contribution < -0.4 is 5.32 Å². The van der Waals surface area contributed by atoms with Gasteiger partial charge in [-0.05, 0) is 62.5 Å². The highest BCUT2D eigenvalue weighted by molar-refractivity contribution is 7.98. The van der Waals surface area contributed by atoms with Crippen molar-refractivity contribution in [1.82, 2.24) is 14.9 Å². The summed E-state index contributed by atoms with van der Waals surface area (Å²) >= 11 is 1.68. The molecule has 0 radical (unpaired) electrons. The molecule has 1 saturated heterocycles. The van der Waals surface area contributed by atoms with Crippen LogP contribution >= 0.6 is 11.8 Å². The number of amides is 1.